The summed E-state index contributed by atoms with van der Waals surface area (Å²) in [4.78, 5) is 14.5. The standard InChI is InChI=1S/C20H26N6S/c1-4-22-20(24-12-19-15(2)25-16(3)27-19)23-11-17-5-7-18(8-6-17)13-26-10-9-21-14-26/h5-10,14H,4,11-13H2,1-3H3,(H2,22,23,24). The number of thiazole rings is 1. The molecule has 1 aromatic carbocycles. The fourth-order valence-corrected chi connectivity index (χ4v) is 3.63. The Balaban J connectivity index is 1.58. The van der Waals surface area contributed by atoms with E-state index in [9.17, 15) is 0 Å². The summed E-state index contributed by atoms with van der Waals surface area (Å²) in [7, 11) is 0. The van der Waals surface area contributed by atoms with Crippen molar-refractivity contribution in [1.82, 2.24) is 25.2 Å². The molecule has 0 aliphatic heterocycles. The third-order valence-electron chi connectivity index (χ3n) is 4.13. The van der Waals surface area contributed by atoms with Gasteiger partial charge in [0.05, 0.1) is 30.1 Å². The van der Waals surface area contributed by atoms with E-state index >= 15 is 0 Å². The summed E-state index contributed by atoms with van der Waals surface area (Å²) in [6.07, 6.45) is 5.60. The summed E-state index contributed by atoms with van der Waals surface area (Å²) >= 11 is 1.73. The van der Waals surface area contributed by atoms with Gasteiger partial charge in [0.1, 0.15) is 0 Å². The van der Waals surface area contributed by atoms with Gasteiger partial charge in [-0.25, -0.2) is 15.0 Å². The molecule has 0 atom stereocenters. The minimum atomic E-state index is 0.640. The molecule has 0 saturated carbocycles. The van der Waals surface area contributed by atoms with Gasteiger partial charge in [-0.1, -0.05) is 24.3 Å². The Hall–Kier alpha value is -2.67. The van der Waals surface area contributed by atoms with Crippen LogP contribution in [0.25, 0.3) is 0 Å². The second kappa shape index (κ2) is 9.32. The summed E-state index contributed by atoms with van der Waals surface area (Å²) in [5.41, 5.74) is 3.53. The van der Waals surface area contributed by atoms with E-state index in [0.717, 1.165) is 36.3 Å². The average Bonchev–Trinajstić information content (AvgIpc) is 3.28. The molecule has 7 heteroatoms. The van der Waals surface area contributed by atoms with E-state index in [1.807, 2.05) is 19.4 Å². The molecule has 27 heavy (non-hydrogen) atoms. The quantitative estimate of drug-likeness (QED) is 0.486. The van der Waals surface area contributed by atoms with E-state index in [1.54, 1.807) is 17.5 Å². The third-order valence-corrected chi connectivity index (χ3v) is 5.20. The molecule has 6 nitrogen and oxygen atoms in total. The topological polar surface area (TPSA) is 67.1 Å². The first-order valence-corrected chi connectivity index (χ1v) is 9.94. The Morgan fingerprint density at radius 2 is 1.93 bits per heavy atom. The van der Waals surface area contributed by atoms with Crippen LogP contribution in [0.1, 0.15) is 33.6 Å². The zero-order valence-electron chi connectivity index (χ0n) is 16.1. The lowest BCUT2D eigenvalue weighted by Gasteiger charge is -2.11. The Kier molecular flexibility index (Phi) is 6.59. The fourth-order valence-electron chi connectivity index (χ4n) is 2.75. The number of aromatic nitrogens is 3. The molecule has 3 aromatic rings. The predicted octanol–water partition coefficient (Wildman–Crippen LogP) is 3.26. The molecule has 2 aromatic heterocycles. The van der Waals surface area contributed by atoms with E-state index in [4.69, 9.17) is 4.99 Å². The number of benzene rings is 1. The van der Waals surface area contributed by atoms with Crippen LogP contribution in [0.5, 0.6) is 0 Å². The number of rotatable bonds is 7. The van der Waals surface area contributed by atoms with Crippen LogP contribution in [0.4, 0.5) is 0 Å². The normalized spacial score (nSPS) is 11.6. The van der Waals surface area contributed by atoms with Crippen molar-refractivity contribution in [3.05, 3.63) is 69.7 Å². The highest BCUT2D eigenvalue weighted by atomic mass is 32.1. The maximum absolute atomic E-state index is 4.70. The molecular weight excluding hydrogens is 356 g/mol. The first-order valence-electron chi connectivity index (χ1n) is 9.12. The molecule has 0 amide bonds. The van der Waals surface area contributed by atoms with Crippen molar-refractivity contribution in [3.63, 3.8) is 0 Å². The SMILES string of the molecule is CCNC(=NCc1ccc(Cn2ccnc2)cc1)NCc1sc(C)nc1C. The van der Waals surface area contributed by atoms with E-state index in [-0.39, 0.29) is 0 Å². The monoisotopic (exact) mass is 382 g/mol. The van der Waals surface area contributed by atoms with Crippen LogP contribution in [0.15, 0.2) is 48.0 Å². The largest absolute Gasteiger partial charge is 0.357 e. The molecule has 0 radical (unpaired) electrons. The van der Waals surface area contributed by atoms with Crippen molar-refractivity contribution in [3.8, 4) is 0 Å². The second-order valence-electron chi connectivity index (χ2n) is 6.34. The Morgan fingerprint density at radius 3 is 2.56 bits per heavy atom. The Labute approximate surface area is 164 Å². The van der Waals surface area contributed by atoms with Crippen LogP contribution >= 0.6 is 11.3 Å². The van der Waals surface area contributed by atoms with Crippen LogP contribution in [0, 0.1) is 13.8 Å². The second-order valence-corrected chi connectivity index (χ2v) is 7.63. The third kappa shape index (κ3) is 5.65. The van der Waals surface area contributed by atoms with E-state index in [0.29, 0.717) is 6.54 Å². The van der Waals surface area contributed by atoms with Crippen LogP contribution in [-0.4, -0.2) is 27.0 Å². The van der Waals surface area contributed by atoms with Crippen LogP contribution in [0.2, 0.25) is 0 Å². The van der Waals surface area contributed by atoms with Crippen LogP contribution in [0.3, 0.4) is 0 Å². The summed E-state index contributed by atoms with van der Waals surface area (Å²) in [5.74, 6) is 0.824. The van der Waals surface area contributed by atoms with Gasteiger partial charge in [0.2, 0.25) is 0 Å². The number of imidazole rings is 1. The molecule has 0 aliphatic carbocycles. The highest BCUT2D eigenvalue weighted by Gasteiger charge is 2.06. The summed E-state index contributed by atoms with van der Waals surface area (Å²) in [5, 5.41) is 7.80. The summed E-state index contributed by atoms with van der Waals surface area (Å²) in [6.45, 7) is 9.21. The molecule has 0 spiro atoms. The van der Waals surface area contributed by atoms with Gasteiger partial charge in [0, 0.05) is 30.4 Å². The van der Waals surface area contributed by atoms with Crippen molar-refractivity contribution in [1.29, 1.82) is 0 Å². The van der Waals surface area contributed by atoms with Crippen molar-refractivity contribution in [2.24, 2.45) is 4.99 Å². The van der Waals surface area contributed by atoms with Gasteiger partial charge in [0.25, 0.3) is 0 Å². The lowest BCUT2D eigenvalue weighted by molar-refractivity contribution is 0.796. The van der Waals surface area contributed by atoms with Crippen molar-refractivity contribution in [2.75, 3.05) is 6.54 Å². The smallest absolute Gasteiger partial charge is 0.191 e. The van der Waals surface area contributed by atoms with Crippen LogP contribution < -0.4 is 10.6 Å². The number of guanidine groups is 1. The number of aliphatic imine (C=N–C) groups is 1. The average molecular weight is 383 g/mol. The van der Waals surface area contributed by atoms with Crippen molar-refractivity contribution < 1.29 is 0 Å². The molecule has 2 N–H and O–H groups in total. The molecule has 0 saturated heterocycles. The first kappa shape index (κ1) is 19.1. The molecule has 0 unspecified atom stereocenters. The van der Waals surface area contributed by atoms with Gasteiger partial charge in [0.15, 0.2) is 5.96 Å². The number of aryl methyl sites for hydroxylation is 2. The lowest BCUT2D eigenvalue weighted by Crippen LogP contribution is -2.36. The fraction of sp³-hybridized carbons (Fsp3) is 0.350. The highest BCUT2D eigenvalue weighted by molar-refractivity contribution is 7.11. The van der Waals surface area contributed by atoms with Gasteiger partial charge in [-0.2, -0.15) is 0 Å². The Bertz CT molecular complexity index is 865. The minimum Gasteiger partial charge on any atom is -0.357 e. The number of hydrogen-bond acceptors (Lipinski definition) is 4. The van der Waals surface area contributed by atoms with Crippen molar-refractivity contribution in [2.45, 2.75) is 40.4 Å². The summed E-state index contributed by atoms with van der Waals surface area (Å²) in [6, 6.07) is 8.56. The van der Waals surface area contributed by atoms with Gasteiger partial charge in [-0.05, 0) is 31.9 Å². The maximum atomic E-state index is 4.70. The minimum absolute atomic E-state index is 0.640. The molecule has 2 heterocycles. The summed E-state index contributed by atoms with van der Waals surface area (Å²) < 4.78 is 2.06. The Morgan fingerprint density at radius 1 is 1.15 bits per heavy atom. The van der Waals surface area contributed by atoms with Crippen LogP contribution in [-0.2, 0) is 19.6 Å². The molecule has 0 aliphatic rings. The molecular formula is C20H26N6S. The number of nitrogens with zero attached hydrogens (tertiary/aromatic N) is 4. The number of hydrogen-bond donors (Lipinski definition) is 2. The van der Waals surface area contributed by atoms with Gasteiger partial charge in [-0.3, -0.25) is 0 Å². The zero-order chi connectivity index (χ0) is 19.1. The van der Waals surface area contributed by atoms with Gasteiger partial charge >= 0.3 is 0 Å². The van der Waals surface area contributed by atoms with E-state index < -0.39 is 0 Å². The molecule has 3 rings (SSSR count). The highest BCUT2D eigenvalue weighted by Crippen LogP contribution is 2.16. The first-order chi connectivity index (χ1) is 13.1. The maximum Gasteiger partial charge on any atom is 0.191 e. The molecule has 142 valence electrons. The lowest BCUT2D eigenvalue weighted by atomic mass is 10.1. The predicted molar refractivity (Wildman–Crippen MR) is 111 cm³/mol. The number of nitrogens with one attached hydrogen (secondary N) is 2. The van der Waals surface area contributed by atoms with E-state index in [1.165, 1.54) is 16.0 Å². The van der Waals surface area contributed by atoms with Gasteiger partial charge < -0.3 is 15.2 Å². The molecule has 0 fully saturated rings. The zero-order valence-corrected chi connectivity index (χ0v) is 16.9. The molecule has 0 bridgehead atoms. The van der Waals surface area contributed by atoms with E-state index in [2.05, 4.69) is 63.3 Å². The van der Waals surface area contributed by atoms with Crippen molar-refractivity contribution >= 4 is 17.3 Å². The van der Waals surface area contributed by atoms with Gasteiger partial charge in [-0.15, -0.1) is 11.3 Å².